The topological polar surface area (TPSA) is 286 Å². The highest BCUT2D eigenvalue weighted by molar-refractivity contribution is 5.91. The maximum absolute atomic E-state index is 12.7. The summed E-state index contributed by atoms with van der Waals surface area (Å²) >= 11 is 0. The van der Waals surface area contributed by atoms with Crippen LogP contribution in [0.4, 0.5) is 4.79 Å². The van der Waals surface area contributed by atoms with E-state index < -0.39 is 73.2 Å². The predicted octanol–water partition coefficient (Wildman–Crippen LogP) is 0.237. The van der Waals surface area contributed by atoms with Crippen molar-refractivity contribution in [1.82, 2.24) is 10.6 Å². The van der Waals surface area contributed by atoms with Gasteiger partial charge in [0.25, 0.3) is 6.47 Å². The highest BCUT2D eigenvalue weighted by Crippen LogP contribution is 2.26. The lowest BCUT2D eigenvalue weighted by molar-refractivity contribution is -0.354. The Labute approximate surface area is 325 Å². The van der Waals surface area contributed by atoms with E-state index in [0.29, 0.717) is 19.4 Å². The molecule has 0 bridgehead atoms. The smallest absolute Gasteiger partial charge is 0.312 e. The van der Waals surface area contributed by atoms with E-state index >= 15 is 0 Å². The molecule has 55 heavy (non-hydrogen) atoms. The summed E-state index contributed by atoms with van der Waals surface area (Å²) in [4.78, 5) is 46.0. The first-order chi connectivity index (χ1) is 25.2. The van der Waals surface area contributed by atoms with Crippen molar-refractivity contribution in [3.63, 3.8) is 0 Å². The molecule has 12 atom stereocenters. The summed E-state index contributed by atoms with van der Waals surface area (Å²) in [5, 5.41) is 62.8. The summed E-state index contributed by atoms with van der Waals surface area (Å²) in [6.45, 7) is 22.7. The second-order valence-electron chi connectivity index (χ2n) is 16.1. The van der Waals surface area contributed by atoms with Gasteiger partial charge in [0.1, 0.15) is 42.4 Å². The Bertz CT molecular complexity index is 1140. The van der Waals surface area contributed by atoms with Gasteiger partial charge in [-0.2, -0.15) is 0 Å². The Balaban J connectivity index is 0.000000827. The highest BCUT2D eigenvalue weighted by atomic mass is 16.8. The summed E-state index contributed by atoms with van der Waals surface area (Å²) in [5.41, 5.74) is 4.41. The number of ketones is 2. The van der Waals surface area contributed by atoms with Gasteiger partial charge in [-0.25, -0.2) is 4.79 Å². The number of aliphatic hydroxyl groups excluding tert-OH is 6. The first-order valence-electron chi connectivity index (χ1n) is 18.9. The van der Waals surface area contributed by atoms with Crippen molar-refractivity contribution in [3.05, 3.63) is 0 Å². The molecular formula is C37H71N3O15. The molecule has 1 unspecified atom stereocenters. The van der Waals surface area contributed by atoms with Gasteiger partial charge in [-0.1, -0.05) is 41.5 Å². The third kappa shape index (κ3) is 19.6. The fraction of sp³-hybridized carbons (Fsp3) is 0.892. The predicted molar refractivity (Wildman–Crippen MR) is 200 cm³/mol. The van der Waals surface area contributed by atoms with Gasteiger partial charge in [-0.05, 0) is 60.3 Å². The fourth-order valence-corrected chi connectivity index (χ4v) is 5.59. The van der Waals surface area contributed by atoms with Crippen LogP contribution in [0.15, 0.2) is 0 Å². The number of rotatable bonds is 17. The quantitative estimate of drug-likeness (QED) is 0.0704. The molecule has 2 rings (SSSR count). The van der Waals surface area contributed by atoms with Crippen LogP contribution in [0.3, 0.4) is 0 Å². The Morgan fingerprint density at radius 2 is 1.33 bits per heavy atom. The molecule has 0 saturated carbocycles. The van der Waals surface area contributed by atoms with Crippen molar-refractivity contribution in [1.29, 1.82) is 0 Å². The van der Waals surface area contributed by atoms with Crippen LogP contribution < -0.4 is 16.4 Å². The molecule has 2 aliphatic heterocycles. The van der Waals surface area contributed by atoms with E-state index in [2.05, 4.69) is 15.4 Å². The van der Waals surface area contributed by atoms with Gasteiger partial charge in [0.05, 0.1) is 23.9 Å². The van der Waals surface area contributed by atoms with Crippen molar-refractivity contribution in [2.45, 2.75) is 188 Å². The van der Waals surface area contributed by atoms with E-state index in [1.54, 1.807) is 41.5 Å². The number of amides is 2. The number of nitrogens with two attached hydrogens (primary N) is 1. The number of carbonyl (C=O) groups is 4. The summed E-state index contributed by atoms with van der Waals surface area (Å²) in [6.07, 6.45) is -10.6. The number of nitrogens with one attached hydrogen (secondary N) is 2. The zero-order valence-corrected chi connectivity index (χ0v) is 34.6. The number of carbonyl (C=O) groups excluding carboxylic acids is 4. The first kappa shape index (κ1) is 52.6. The first-order valence-corrected chi connectivity index (χ1v) is 18.9. The molecule has 0 aromatic rings. The van der Waals surface area contributed by atoms with E-state index in [9.17, 15) is 49.8 Å². The standard InChI is InChI=1S/C18H35N3O3.C10H18O7.C9H18O5/c1-11(2)16(21-13(5)6)15(22)10-14(17(23)12(3)4)8-7-9-20-18(19)24;1-10(2,3)17-9-7(14)5(12)6(13)8(16-9)15-4-11;1-4(2)13-9-8(12)7(11)6(10)5(3)14-9/h11-14,16,21H,7-10H2,1-6H3,(H3,19,20,24);4-9,12-14H,1-3H3;4-12H,1-3H3/t14-,16+;5-,6-,7+,8?,9-;5-,6-,7+,8-,9-/m100/s1. The maximum Gasteiger partial charge on any atom is 0.312 e. The van der Waals surface area contributed by atoms with Crippen molar-refractivity contribution >= 4 is 24.1 Å². The minimum Gasteiger partial charge on any atom is -0.435 e. The van der Waals surface area contributed by atoms with Crippen LogP contribution in [-0.2, 0) is 38.1 Å². The molecule has 18 heteroatoms. The van der Waals surface area contributed by atoms with Crippen LogP contribution in [0.1, 0.15) is 102 Å². The molecular weight excluding hydrogens is 726 g/mol. The lowest BCUT2D eigenvalue weighted by atomic mass is 9.84. The Morgan fingerprint density at radius 3 is 1.78 bits per heavy atom. The van der Waals surface area contributed by atoms with Gasteiger partial charge in [-0.15, -0.1) is 0 Å². The Kier molecular flexibility index (Phi) is 24.0. The molecule has 10 N–H and O–H groups in total. The molecule has 2 saturated heterocycles. The highest BCUT2D eigenvalue weighted by Gasteiger charge is 2.47. The average Bonchev–Trinajstić information content (AvgIpc) is 3.06. The number of hydrogen-bond donors (Lipinski definition) is 9. The van der Waals surface area contributed by atoms with Crippen LogP contribution in [0.5, 0.6) is 0 Å². The van der Waals surface area contributed by atoms with Gasteiger partial charge in [-0.3, -0.25) is 14.4 Å². The van der Waals surface area contributed by atoms with Crippen LogP contribution in [0.25, 0.3) is 0 Å². The lowest BCUT2D eigenvalue weighted by Gasteiger charge is -2.41. The zero-order chi connectivity index (χ0) is 43.0. The van der Waals surface area contributed by atoms with Crippen molar-refractivity contribution in [3.8, 4) is 0 Å². The maximum atomic E-state index is 12.7. The molecule has 324 valence electrons. The summed E-state index contributed by atoms with van der Waals surface area (Å²) < 4.78 is 25.3. The van der Waals surface area contributed by atoms with Gasteiger partial charge in [0.15, 0.2) is 18.4 Å². The number of urea groups is 1. The Hall–Kier alpha value is -2.36. The minimum absolute atomic E-state index is 0.0839. The monoisotopic (exact) mass is 797 g/mol. The number of ether oxygens (including phenoxy) is 5. The summed E-state index contributed by atoms with van der Waals surface area (Å²) in [6, 6.07) is -0.601. The molecule has 0 spiro atoms. The molecule has 0 aromatic heterocycles. The second-order valence-corrected chi connectivity index (χ2v) is 16.1. The van der Waals surface area contributed by atoms with E-state index in [1.165, 1.54) is 0 Å². The number of hydrogen-bond acceptors (Lipinski definition) is 16. The molecule has 2 amide bonds. The fourth-order valence-electron chi connectivity index (χ4n) is 5.59. The largest absolute Gasteiger partial charge is 0.435 e. The van der Waals surface area contributed by atoms with E-state index in [-0.39, 0.29) is 60.4 Å². The van der Waals surface area contributed by atoms with Crippen molar-refractivity contribution < 1.29 is 73.5 Å². The number of Topliss-reactive ketones (excluding diaryl/α,β-unsaturated/α-hetero) is 2. The van der Waals surface area contributed by atoms with Gasteiger partial charge < -0.3 is 70.7 Å². The molecule has 2 fully saturated rings. The number of aliphatic hydroxyl groups is 6. The van der Waals surface area contributed by atoms with E-state index in [4.69, 9.17) is 24.7 Å². The molecule has 2 aliphatic rings. The molecule has 0 aliphatic carbocycles. The third-order valence-corrected chi connectivity index (χ3v) is 8.37. The van der Waals surface area contributed by atoms with Gasteiger partial charge in [0, 0.05) is 30.8 Å². The normalized spacial score (nSPS) is 29.4. The van der Waals surface area contributed by atoms with Crippen LogP contribution in [-0.4, -0.2) is 147 Å². The lowest BCUT2D eigenvalue weighted by Crippen LogP contribution is -2.59. The zero-order valence-electron chi connectivity index (χ0n) is 34.6. The van der Waals surface area contributed by atoms with Crippen molar-refractivity contribution in [2.75, 3.05) is 6.54 Å². The van der Waals surface area contributed by atoms with Crippen LogP contribution in [0, 0.1) is 17.8 Å². The van der Waals surface area contributed by atoms with Crippen molar-refractivity contribution in [2.24, 2.45) is 23.5 Å². The molecule has 0 radical (unpaired) electrons. The van der Waals surface area contributed by atoms with E-state index in [1.807, 2.05) is 41.5 Å². The van der Waals surface area contributed by atoms with Crippen LogP contribution in [0.2, 0.25) is 0 Å². The summed E-state index contributed by atoms with van der Waals surface area (Å²) in [5.74, 6) is -0.0499. The molecule has 2 heterocycles. The van der Waals surface area contributed by atoms with Gasteiger partial charge in [0.2, 0.25) is 6.29 Å². The average molecular weight is 798 g/mol. The number of primary amides is 1. The van der Waals surface area contributed by atoms with E-state index in [0.717, 1.165) is 0 Å². The third-order valence-electron chi connectivity index (χ3n) is 8.37. The summed E-state index contributed by atoms with van der Waals surface area (Å²) in [7, 11) is 0. The molecule has 18 nitrogen and oxygen atoms in total. The SMILES string of the molecule is CC(C)(C)O[C@@H]1OC(OC=O)[C@@H](O)[C@H](O)[C@H]1O.CC(C)N[C@H](C(=O)C[C@@H](CCCNC(N)=O)C(=O)C(C)C)C(C)C.CC(C)O[C@H]1O[C@@H](C)[C@H](O)[C@@H](O)[C@@H]1O. The minimum atomic E-state index is -1.52. The van der Waals surface area contributed by atoms with Crippen LogP contribution >= 0.6 is 0 Å². The Morgan fingerprint density at radius 1 is 0.800 bits per heavy atom. The molecule has 0 aromatic carbocycles. The second kappa shape index (κ2) is 25.1. The van der Waals surface area contributed by atoms with Gasteiger partial charge >= 0.3 is 6.03 Å².